The number of amides is 2. The Hall–Kier alpha value is -2.68. The van der Waals surface area contributed by atoms with Crippen molar-refractivity contribution in [2.45, 2.75) is 13.0 Å². The second kappa shape index (κ2) is 7.26. The molecule has 24 heavy (non-hydrogen) atoms. The lowest BCUT2D eigenvalue weighted by Gasteiger charge is -2.20. The Balaban J connectivity index is 1.56. The van der Waals surface area contributed by atoms with Gasteiger partial charge in [-0.25, -0.2) is 0 Å². The molecule has 0 aromatic carbocycles. The molecular formula is C15H19N5O4. The van der Waals surface area contributed by atoms with Crippen LogP contribution in [-0.2, 0) is 6.54 Å². The highest BCUT2D eigenvalue weighted by Crippen LogP contribution is 2.11. The molecule has 3 rings (SSSR count). The second-order valence-corrected chi connectivity index (χ2v) is 5.52. The first-order valence-corrected chi connectivity index (χ1v) is 7.76. The molecule has 0 unspecified atom stereocenters. The molecule has 0 spiro atoms. The fourth-order valence-electron chi connectivity index (χ4n) is 2.62. The molecule has 3 heterocycles. The quantitative estimate of drug-likeness (QED) is 0.862. The molecule has 0 bridgehead atoms. The van der Waals surface area contributed by atoms with Gasteiger partial charge in [0.1, 0.15) is 6.26 Å². The summed E-state index contributed by atoms with van der Waals surface area (Å²) in [5.74, 6) is 0.0188. The van der Waals surface area contributed by atoms with Gasteiger partial charge in [-0.05, 0) is 12.5 Å². The fourth-order valence-corrected chi connectivity index (χ4v) is 2.62. The van der Waals surface area contributed by atoms with Crippen LogP contribution in [0.15, 0.2) is 27.5 Å². The molecule has 1 aliphatic heterocycles. The van der Waals surface area contributed by atoms with Crippen LogP contribution in [0, 0.1) is 0 Å². The molecule has 1 saturated heterocycles. The van der Waals surface area contributed by atoms with Crippen molar-refractivity contribution in [2.24, 2.45) is 0 Å². The molecule has 0 atom stereocenters. The number of nitrogens with one attached hydrogen (secondary N) is 1. The maximum absolute atomic E-state index is 12.4. The van der Waals surface area contributed by atoms with E-state index in [-0.39, 0.29) is 17.6 Å². The molecule has 0 radical (unpaired) electrons. The number of nitrogens with zero attached hydrogens (tertiary/aromatic N) is 4. The minimum absolute atomic E-state index is 0.0229. The molecule has 2 amide bonds. The molecule has 1 N–H and O–H groups in total. The number of aromatic nitrogens is 2. The van der Waals surface area contributed by atoms with Crippen LogP contribution in [0.1, 0.15) is 33.3 Å². The Labute approximate surface area is 138 Å². The van der Waals surface area contributed by atoms with Gasteiger partial charge in [-0.15, -0.1) is 0 Å². The molecule has 1 aliphatic rings. The molecule has 1 fully saturated rings. The maximum atomic E-state index is 12.4. The van der Waals surface area contributed by atoms with Gasteiger partial charge in [0.2, 0.25) is 5.89 Å². The summed E-state index contributed by atoms with van der Waals surface area (Å²) in [5.41, 5.74) is 0.565. The van der Waals surface area contributed by atoms with Crippen molar-refractivity contribution in [2.75, 3.05) is 33.2 Å². The van der Waals surface area contributed by atoms with E-state index < -0.39 is 0 Å². The Kier molecular flexibility index (Phi) is 4.90. The van der Waals surface area contributed by atoms with E-state index in [1.165, 1.54) is 19.6 Å². The summed E-state index contributed by atoms with van der Waals surface area (Å²) < 4.78 is 10.1. The standard InChI is InChI=1S/C15H19N5O4/c1-16-14(21)13-17-12(24-18-13)9-19-4-2-5-20(7-6-19)15(22)11-3-8-23-10-11/h3,8,10H,2,4-7,9H2,1H3,(H,16,21). The zero-order chi connectivity index (χ0) is 16.9. The molecule has 0 aliphatic carbocycles. The third-order valence-corrected chi connectivity index (χ3v) is 3.90. The lowest BCUT2D eigenvalue weighted by Crippen LogP contribution is -2.34. The van der Waals surface area contributed by atoms with Crippen LogP contribution >= 0.6 is 0 Å². The normalized spacial score (nSPS) is 16.0. The van der Waals surface area contributed by atoms with Crippen molar-refractivity contribution in [3.05, 3.63) is 35.9 Å². The van der Waals surface area contributed by atoms with Gasteiger partial charge in [-0.1, -0.05) is 5.16 Å². The van der Waals surface area contributed by atoms with E-state index in [1.807, 2.05) is 4.90 Å². The third-order valence-electron chi connectivity index (χ3n) is 3.90. The van der Waals surface area contributed by atoms with Crippen molar-refractivity contribution >= 4 is 11.8 Å². The summed E-state index contributed by atoms with van der Waals surface area (Å²) in [4.78, 5) is 31.8. The molecular weight excluding hydrogens is 314 g/mol. The first-order chi connectivity index (χ1) is 11.7. The zero-order valence-corrected chi connectivity index (χ0v) is 13.4. The van der Waals surface area contributed by atoms with Crippen molar-refractivity contribution in [3.8, 4) is 0 Å². The van der Waals surface area contributed by atoms with Gasteiger partial charge in [0.15, 0.2) is 0 Å². The number of hydrogen-bond acceptors (Lipinski definition) is 7. The highest BCUT2D eigenvalue weighted by Gasteiger charge is 2.22. The third kappa shape index (κ3) is 3.62. The smallest absolute Gasteiger partial charge is 0.292 e. The summed E-state index contributed by atoms with van der Waals surface area (Å²) in [5, 5.41) is 6.10. The van der Waals surface area contributed by atoms with Gasteiger partial charge >= 0.3 is 0 Å². The van der Waals surface area contributed by atoms with Crippen LogP contribution in [0.5, 0.6) is 0 Å². The number of hydrogen-bond donors (Lipinski definition) is 1. The Bertz CT molecular complexity index is 697. The molecule has 0 saturated carbocycles. The highest BCUT2D eigenvalue weighted by atomic mass is 16.5. The van der Waals surface area contributed by atoms with E-state index >= 15 is 0 Å². The molecule has 2 aromatic rings. The predicted octanol–water partition coefficient (Wildman–Crippen LogP) is 0.370. The Morgan fingerprint density at radius 3 is 2.92 bits per heavy atom. The van der Waals surface area contributed by atoms with Crippen LogP contribution in [0.3, 0.4) is 0 Å². The first-order valence-electron chi connectivity index (χ1n) is 7.76. The van der Waals surface area contributed by atoms with E-state index in [0.717, 1.165) is 13.0 Å². The van der Waals surface area contributed by atoms with Crippen LogP contribution in [0.4, 0.5) is 0 Å². The summed E-state index contributed by atoms with van der Waals surface area (Å²) >= 11 is 0. The topological polar surface area (TPSA) is 105 Å². The van der Waals surface area contributed by atoms with Crippen LogP contribution in [0.2, 0.25) is 0 Å². The Morgan fingerprint density at radius 2 is 2.17 bits per heavy atom. The molecule has 128 valence electrons. The predicted molar refractivity (Wildman–Crippen MR) is 82.2 cm³/mol. The minimum Gasteiger partial charge on any atom is -0.472 e. The summed E-state index contributed by atoms with van der Waals surface area (Å²) in [6.07, 6.45) is 3.81. The average Bonchev–Trinajstić information content (AvgIpc) is 3.23. The van der Waals surface area contributed by atoms with Gasteiger partial charge < -0.3 is 19.2 Å². The first kappa shape index (κ1) is 16.2. The Morgan fingerprint density at radius 1 is 1.29 bits per heavy atom. The lowest BCUT2D eigenvalue weighted by molar-refractivity contribution is 0.0759. The number of carbonyl (C=O) groups excluding carboxylic acids is 2. The largest absolute Gasteiger partial charge is 0.472 e. The second-order valence-electron chi connectivity index (χ2n) is 5.52. The van der Waals surface area contributed by atoms with Crippen molar-refractivity contribution in [3.63, 3.8) is 0 Å². The summed E-state index contributed by atoms with van der Waals surface area (Å²) in [7, 11) is 1.51. The SMILES string of the molecule is CNC(=O)c1noc(CN2CCCN(C(=O)c3ccoc3)CC2)n1. The summed E-state index contributed by atoms with van der Waals surface area (Å²) in [6, 6.07) is 1.67. The average molecular weight is 333 g/mol. The monoisotopic (exact) mass is 333 g/mol. The van der Waals surface area contributed by atoms with Crippen molar-refractivity contribution in [1.29, 1.82) is 0 Å². The van der Waals surface area contributed by atoms with Crippen molar-refractivity contribution in [1.82, 2.24) is 25.3 Å². The van der Waals surface area contributed by atoms with E-state index in [1.54, 1.807) is 6.07 Å². The van der Waals surface area contributed by atoms with Crippen LogP contribution in [-0.4, -0.2) is 65.0 Å². The fraction of sp³-hybridized carbons (Fsp3) is 0.467. The van der Waals surface area contributed by atoms with Gasteiger partial charge in [0.25, 0.3) is 17.6 Å². The van der Waals surface area contributed by atoms with Crippen LogP contribution in [0.25, 0.3) is 0 Å². The van der Waals surface area contributed by atoms with Gasteiger partial charge in [-0.2, -0.15) is 4.98 Å². The van der Waals surface area contributed by atoms with E-state index in [4.69, 9.17) is 8.94 Å². The number of rotatable bonds is 4. The summed E-state index contributed by atoms with van der Waals surface area (Å²) in [6.45, 7) is 3.26. The molecule has 9 heteroatoms. The van der Waals surface area contributed by atoms with Crippen molar-refractivity contribution < 1.29 is 18.5 Å². The van der Waals surface area contributed by atoms with Gasteiger partial charge in [-0.3, -0.25) is 14.5 Å². The van der Waals surface area contributed by atoms with E-state index in [0.29, 0.717) is 37.6 Å². The van der Waals surface area contributed by atoms with E-state index in [2.05, 4.69) is 20.4 Å². The maximum Gasteiger partial charge on any atom is 0.292 e. The van der Waals surface area contributed by atoms with E-state index in [9.17, 15) is 9.59 Å². The molecule has 9 nitrogen and oxygen atoms in total. The zero-order valence-electron chi connectivity index (χ0n) is 13.4. The highest BCUT2D eigenvalue weighted by molar-refractivity contribution is 5.93. The van der Waals surface area contributed by atoms with Gasteiger partial charge in [0, 0.05) is 33.2 Å². The number of carbonyl (C=O) groups is 2. The van der Waals surface area contributed by atoms with Crippen LogP contribution < -0.4 is 5.32 Å². The number of furan rings is 1. The lowest BCUT2D eigenvalue weighted by atomic mass is 10.3. The minimum atomic E-state index is -0.377. The van der Waals surface area contributed by atoms with Gasteiger partial charge in [0.05, 0.1) is 18.4 Å². The molecule has 2 aromatic heterocycles.